The molecule has 98 valence electrons. The van der Waals surface area contributed by atoms with Crippen molar-refractivity contribution in [2.75, 3.05) is 5.73 Å². The van der Waals surface area contributed by atoms with Crippen LogP contribution in [-0.4, -0.2) is 10.2 Å². The number of anilines is 1. The van der Waals surface area contributed by atoms with Crippen LogP contribution in [0, 0.1) is 10.8 Å². The summed E-state index contributed by atoms with van der Waals surface area (Å²) in [6.45, 7) is 9.16. The first-order valence-corrected chi connectivity index (χ1v) is 6.99. The summed E-state index contributed by atoms with van der Waals surface area (Å²) >= 11 is 3.36. The number of halogens is 1. The van der Waals surface area contributed by atoms with E-state index in [1.807, 2.05) is 6.07 Å². The first-order valence-electron chi connectivity index (χ1n) is 6.19. The Hall–Kier alpha value is -0.900. The molecule has 18 heavy (non-hydrogen) atoms. The fourth-order valence-corrected chi connectivity index (χ4v) is 3.50. The van der Waals surface area contributed by atoms with Gasteiger partial charge in [-0.1, -0.05) is 33.8 Å². The van der Waals surface area contributed by atoms with Crippen molar-refractivity contribution >= 4 is 27.3 Å². The Kier molecular flexibility index (Phi) is 3.26. The summed E-state index contributed by atoms with van der Waals surface area (Å²) in [6, 6.07) is 1.96. The molecule has 0 saturated heterocycles. The van der Waals surface area contributed by atoms with Gasteiger partial charge in [0, 0.05) is 5.56 Å². The second-order valence-electron chi connectivity index (χ2n) is 6.64. The molecule has 0 amide bonds. The lowest BCUT2D eigenvalue weighted by Crippen LogP contribution is -2.27. The summed E-state index contributed by atoms with van der Waals surface area (Å²) in [7, 11) is 0. The van der Waals surface area contributed by atoms with Gasteiger partial charge in [0.15, 0.2) is 5.82 Å². The number of aromatic nitrogens is 2. The van der Waals surface area contributed by atoms with E-state index in [-0.39, 0.29) is 10.8 Å². The summed E-state index contributed by atoms with van der Waals surface area (Å²) in [6.07, 6.45) is 4.54. The molecule has 1 aliphatic carbocycles. The molecule has 0 aromatic carbocycles. The van der Waals surface area contributed by atoms with E-state index in [9.17, 15) is 0 Å². The first kappa shape index (κ1) is 13.5. The maximum Gasteiger partial charge on any atom is 0.153 e. The largest absolute Gasteiger partial charge is 0.382 e. The SMILES string of the molecule is CC1(C)C=C(c2cc(Br)nnc2N)CC(C)(C)C1. The summed E-state index contributed by atoms with van der Waals surface area (Å²) in [5.74, 6) is 0.512. The van der Waals surface area contributed by atoms with E-state index in [4.69, 9.17) is 5.73 Å². The van der Waals surface area contributed by atoms with Gasteiger partial charge in [-0.25, -0.2) is 0 Å². The lowest BCUT2D eigenvalue weighted by Gasteiger charge is -2.39. The van der Waals surface area contributed by atoms with Gasteiger partial charge in [0.2, 0.25) is 0 Å². The number of nitrogens with two attached hydrogens (primary N) is 1. The second-order valence-corrected chi connectivity index (χ2v) is 7.45. The molecule has 1 aliphatic rings. The van der Waals surface area contributed by atoms with Crippen LogP contribution in [0.2, 0.25) is 0 Å². The molecule has 3 nitrogen and oxygen atoms in total. The normalized spacial score (nSPS) is 21.5. The third-order valence-corrected chi connectivity index (χ3v) is 3.69. The van der Waals surface area contributed by atoms with Crippen LogP contribution in [-0.2, 0) is 0 Å². The second kappa shape index (κ2) is 4.34. The van der Waals surface area contributed by atoms with Crippen LogP contribution in [0.1, 0.15) is 46.1 Å². The quantitative estimate of drug-likeness (QED) is 0.851. The highest BCUT2D eigenvalue weighted by atomic mass is 79.9. The molecule has 2 N–H and O–H groups in total. The maximum absolute atomic E-state index is 5.96. The summed E-state index contributed by atoms with van der Waals surface area (Å²) in [5, 5.41) is 7.91. The number of nitrogens with zero attached hydrogens (tertiary/aromatic N) is 2. The monoisotopic (exact) mass is 309 g/mol. The Labute approximate surface area is 117 Å². The molecule has 0 atom stereocenters. The lowest BCUT2D eigenvalue weighted by atomic mass is 9.66. The molecule has 0 spiro atoms. The molecule has 1 heterocycles. The van der Waals surface area contributed by atoms with Crippen LogP contribution >= 0.6 is 15.9 Å². The average molecular weight is 310 g/mol. The Morgan fingerprint density at radius 2 is 1.89 bits per heavy atom. The smallest absolute Gasteiger partial charge is 0.153 e. The van der Waals surface area contributed by atoms with E-state index in [1.54, 1.807) is 0 Å². The van der Waals surface area contributed by atoms with E-state index in [0.717, 1.165) is 16.6 Å². The zero-order valence-corrected chi connectivity index (χ0v) is 13.0. The Bertz CT molecular complexity index is 504. The Balaban J connectivity index is 2.50. The van der Waals surface area contributed by atoms with Crippen LogP contribution in [0.25, 0.3) is 5.57 Å². The minimum atomic E-state index is 0.194. The van der Waals surface area contributed by atoms with Gasteiger partial charge in [-0.15, -0.1) is 10.2 Å². The van der Waals surface area contributed by atoms with Crippen molar-refractivity contribution in [3.63, 3.8) is 0 Å². The topological polar surface area (TPSA) is 51.8 Å². The highest BCUT2D eigenvalue weighted by Crippen LogP contribution is 2.47. The number of nitrogen functional groups attached to an aromatic ring is 1. The van der Waals surface area contributed by atoms with Gasteiger partial charge in [0.1, 0.15) is 4.60 Å². The molecule has 1 aromatic rings. The molecule has 4 heteroatoms. The number of hydrogen-bond donors (Lipinski definition) is 1. The van der Waals surface area contributed by atoms with Crippen molar-refractivity contribution < 1.29 is 0 Å². The predicted octanol–water partition coefficient (Wildman–Crippen LogP) is 4.05. The molecule has 0 bridgehead atoms. The third-order valence-electron chi connectivity index (χ3n) is 3.31. The van der Waals surface area contributed by atoms with Gasteiger partial charge in [0.25, 0.3) is 0 Å². The van der Waals surface area contributed by atoms with E-state index in [1.165, 1.54) is 12.0 Å². The van der Waals surface area contributed by atoms with Gasteiger partial charge in [-0.2, -0.15) is 0 Å². The molecule has 1 aromatic heterocycles. The van der Waals surface area contributed by atoms with E-state index >= 15 is 0 Å². The van der Waals surface area contributed by atoms with Crippen molar-refractivity contribution in [3.8, 4) is 0 Å². The van der Waals surface area contributed by atoms with Gasteiger partial charge in [-0.3, -0.25) is 0 Å². The predicted molar refractivity (Wildman–Crippen MR) is 78.9 cm³/mol. The van der Waals surface area contributed by atoms with E-state index in [0.29, 0.717) is 5.82 Å². The fraction of sp³-hybridized carbons (Fsp3) is 0.571. The standard InChI is InChI=1S/C14H20BrN3/c1-13(2)6-9(7-14(3,4)8-13)10-5-11(15)17-18-12(10)16/h5-6H,7-8H2,1-4H3,(H2,16,18). The molecule has 0 aliphatic heterocycles. The van der Waals surface area contributed by atoms with E-state index < -0.39 is 0 Å². The van der Waals surface area contributed by atoms with Crippen LogP contribution in [0.15, 0.2) is 16.7 Å². The number of rotatable bonds is 1. The number of hydrogen-bond acceptors (Lipinski definition) is 3. The van der Waals surface area contributed by atoms with Gasteiger partial charge in [0.05, 0.1) is 0 Å². The zero-order chi connectivity index (χ0) is 13.6. The minimum Gasteiger partial charge on any atom is -0.382 e. The summed E-state index contributed by atoms with van der Waals surface area (Å²) < 4.78 is 0.730. The molecule has 0 fully saturated rings. The third kappa shape index (κ3) is 2.91. The van der Waals surface area contributed by atoms with Crippen molar-refractivity contribution in [3.05, 3.63) is 22.3 Å². The molecular formula is C14H20BrN3. The Morgan fingerprint density at radius 3 is 2.50 bits per heavy atom. The van der Waals surface area contributed by atoms with Crippen molar-refractivity contribution in [1.82, 2.24) is 10.2 Å². The molecule has 0 radical (unpaired) electrons. The molecule has 0 unspecified atom stereocenters. The van der Waals surface area contributed by atoms with Crippen LogP contribution in [0.4, 0.5) is 5.82 Å². The van der Waals surface area contributed by atoms with Crippen molar-refractivity contribution in [2.24, 2.45) is 10.8 Å². The average Bonchev–Trinajstić information content (AvgIpc) is 2.17. The number of allylic oxidation sites excluding steroid dienone is 2. The summed E-state index contributed by atoms with van der Waals surface area (Å²) in [5.41, 5.74) is 8.74. The van der Waals surface area contributed by atoms with E-state index in [2.05, 4.69) is 59.9 Å². The lowest BCUT2D eigenvalue weighted by molar-refractivity contribution is 0.229. The molecule has 2 rings (SSSR count). The highest BCUT2D eigenvalue weighted by Gasteiger charge is 2.34. The fourth-order valence-electron chi connectivity index (χ4n) is 3.19. The van der Waals surface area contributed by atoms with Crippen LogP contribution in [0.5, 0.6) is 0 Å². The minimum absolute atomic E-state index is 0.194. The maximum atomic E-state index is 5.96. The summed E-state index contributed by atoms with van der Waals surface area (Å²) in [4.78, 5) is 0. The van der Waals surface area contributed by atoms with Crippen LogP contribution in [0.3, 0.4) is 0 Å². The van der Waals surface area contributed by atoms with Crippen molar-refractivity contribution in [1.29, 1.82) is 0 Å². The first-order chi connectivity index (χ1) is 8.19. The van der Waals surface area contributed by atoms with Crippen molar-refractivity contribution in [2.45, 2.75) is 40.5 Å². The van der Waals surface area contributed by atoms with Crippen LogP contribution < -0.4 is 5.73 Å². The molecule has 0 saturated carbocycles. The highest BCUT2D eigenvalue weighted by molar-refractivity contribution is 9.10. The van der Waals surface area contributed by atoms with Gasteiger partial charge >= 0.3 is 0 Å². The Morgan fingerprint density at radius 1 is 1.22 bits per heavy atom. The van der Waals surface area contributed by atoms with Gasteiger partial charge in [-0.05, 0) is 51.2 Å². The zero-order valence-electron chi connectivity index (χ0n) is 11.4. The van der Waals surface area contributed by atoms with Gasteiger partial charge < -0.3 is 5.73 Å². The molecular weight excluding hydrogens is 290 g/mol.